The molecule has 0 saturated carbocycles. The number of thiophene rings is 1. The van der Waals surface area contributed by atoms with Gasteiger partial charge in [0.15, 0.2) is 0 Å². The molecule has 17 heavy (non-hydrogen) atoms. The Morgan fingerprint density at radius 2 is 2.00 bits per heavy atom. The quantitative estimate of drug-likeness (QED) is 0.634. The Labute approximate surface area is 120 Å². The summed E-state index contributed by atoms with van der Waals surface area (Å²) in [5.41, 5.74) is 2.58. The van der Waals surface area contributed by atoms with Crippen LogP contribution in [0.25, 0.3) is 0 Å². The van der Waals surface area contributed by atoms with Crippen molar-refractivity contribution in [3.63, 3.8) is 0 Å². The number of benzene rings is 1. The third kappa shape index (κ3) is 3.12. The van der Waals surface area contributed by atoms with Gasteiger partial charge in [-0.15, -0.1) is 11.3 Å². The van der Waals surface area contributed by atoms with Gasteiger partial charge in [-0.1, -0.05) is 45.7 Å². The number of alkyl halides is 1. The molecule has 0 aliphatic heterocycles. The minimum atomic E-state index is 0.340. The summed E-state index contributed by atoms with van der Waals surface area (Å²) in [6.45, 7) is 4.32. The summed E-state index contributed by atoms with van der Waals surface area (Å²) in [6, 6.07) is 10.3. The predicted molar refractivity (Wildman–Crippen MR) is 80.6 cm³/mol. The Balaban J connectivity index is 2.20. The molecule has 0 saturated heterocycles. The Morgan fingerprint density at radius 3 is 2.59 bits per heavy atom. The lowest BCUT2D eigenvalue weighted by Gasteiger charge is -2.11. The monoisotopic (exact) mass is 328 g/mol. The molecule has 0 nitrogen and oxygen atoms in total. The minimum absolute atomic E-state index is 0.340. The van der Waals surface area contributed by atoms with E-state index in [0.717, 1.165) is 11.4 Å². The SMILES string of the molecule is Cc1cc(C(Br)Cc2ccccc2Cl)c(C)s1. The lowest BCUT2D eigenvalue weighted by molar-refractivity contribution is 0.946. The Morgan fingerprint density at radius 1 is 1.29 bits per heavy atom. The summed E-state index contributed by atoms with van der Waals surface area (Å²) in [4.78, 5) is 3.09. The summed E-state index contributed by atoms with van der Waals surface area (Å²) in [5.74, 6) is 0. The molecule has 0 N–H and O–H groups in total. The second-order valence-electron chi connectivity index (χ2n) is 4.13. The second-order valence-corrected chi connectivity index (χ2v) is 7.10. The number of hydrogen-bond donors (Lipinski definition) is 0. The number of aryl methyl sites for hydroxylation is 2. The van der Waals surface area contributed by atoms with Gasteiger partial charge in [0.2, 0.25) is 0 Å². The largest absolute Gasteiger partial charge is 0.146 e. The molecule has 0 aliphatic carbocycles. The van der Waals surface area contributed by atoms with E-state index in [1.54, 1.807) is 0 Å². The van der Waals surface area contributed by atoms with E-state index in [0.29, 0.717) is 4.83 Å². The van der Waals surface area contributed by atoms with Crippen LogP contribution in [0.3, 0.4) is 0 Å². The molecule has 2 rings (SSSR count). The van der Waals surface area contributed by atoms with E-state index in [9.17, 15) is 0 Å². The van der Waals surface area contributed by atoms with Gasteiger partial charge in [-0.25, -0.2) is 0 Å². The molecule has 90 valence electrons. The summed E-state index contributed by atoms with van der Waals surface area (Å²) in [7, 11) is 0. The van der Waals surface area contributed by atoms with E-state index >= 15 is 0 Å². The first-order valence-electron chi connectivity index (χ1n) is 5.52. The summed E-state index contributed by atoms with van der Waals surface area (Å²) < 4.78 is 0. The average Bonchev–Trinajstić information content (AvgIpc) is 2.61. The van der Waals surface area contributed by atoms with E-state index in [-0.39, 0.29) is 0 Å². The molecule has 0 amide bonds. The summed E-state index contributed by atoms with van der Waals surface area (Å²) in [5, 5.41) is 0.849. The Bertz CT molecular complexity index is 519. The van der Waals surface area contributed by atoms with Gasteiger partial charge < -0.3 is 0 Å². The third-order valence-corrected chi connectivity index (χ3v) is 4.94. The van der Waals surface area contributed by atoms with Gasteiger partial charge in [-0.2, -0.15) is 0 Å². The van der Waals surface area contributed by atoms with Crippen LogP contribution < -0.4 is 0 Å². The zero-order valence-corrected chi connectivity index (χ0v) is 13.0. The molecular formula is C14H14BrClS. The molecule has 0 bridgehead atoms. The standard InChI is InChI=1S/C14H14BrClS/c1-9-7-12(10(2)17-9)13(15)8-11-5-3-4-6-14(11)16/h3-7,13H,8H2,1-2H3. The maximum atomic E-state index is 6.18. The predicted octanol–water partition coefficient (Wildman–Crippen LogP) is 5.70. The molecule has 3 heteroatoms. The lowest BCUT2D eigenvalue weighted by atomic mass is 10.0. The molecule has 1 atom stereocenters. The van der Waals surface area contributed by atoms with E-state index in [1.165, 1.54) is 20.9 Å². The first-order chi connectivity index (χ1) is 8.08. The second kappa shape index (κ2) is 5.55. The highest BCUT2D eigenvalue weighted by atomic mass is 79.9. The van der Waals surface area contributed by atoms with E-state index in [2.05, 4.69) is 41.9 Å². The highest BCUT2D eigenvalue weighted by Gasteiger charge is 2.14. The fourth-order valence-electron chi connectivity index (χ4n) is 1.93. The zero-order valence-electron chi connectivity index (χ0n) is 9.84. The topological polar surface area (TPSA) is 0 Å². The molecule has 1 aromatic heterocycles. The molecule has 1 unspecified atom stereocenters. The summed E-state index contributed by atoms with van der Waals surface area (Å²) in [6.07, 6.45) is 0.927. The lowest BCUT2D eigenvalue weighted by Crippen LogP contribution is -1.96. The normalized spacial score (nSPS) is 12.7. The van der Waals surface area contributed by atoms with Crippen molar-refractivity contribution < 1.29 is 0 Å². The van der Waals surface area contributed by atoms with Crippen LogP contribution >= 0.6 is 38.9 Å². The number of hydrogen-bond acceptors (Lipinski definition) is 1. The third-order valence-electron chi connectivity index (χ3n) is 2.77. The van der Waals surface area contributed by atoms with Crippen molar-refractivity contribution in [2.75, 3.05) is 0 Å². The molecule has 2 aromatic rings. The van der Waals surface area contributed by atoms with Crippen LogP contribution in [0.5, 0.6) is 0 Å². The number of rotatable bonds is 3. The molecule has 0 spiro atoms. The maximum Gasteiger partial charge on any atom is 0.0447 e. The van der Waals surface area contributed by atoms with Crippen molar-refractivity contribution in [1.29, 1.82) is 0 Å². The van der Waals surface area contributed by atoms with Crippen molar-refractivity contribution >= 4 is 38.9 Å². The number of halogens is 2. The van der Waals surface area contributed by atoms with Crippen LogP contribution in [-0.2, 0) is 6.42 Å². The molecular weight excluding hydrogens is 316 g/mol. The van der Waals surface area contributed by atoms with Crippen molar-refractivity contribution in [2.45, 2.75) is 25.1 Å². The van der Waals surface area contributed by atoms with Gasteiger partial charge in [0.05, 0.1) is 0 Å². The van der Waals surface area contributed by atoms with Crippen LogP contribution in [-0.4, -0.2) is 0 Å². The van der Waals surface area contributed by atoms with Gasteiger partial charge in [-0.05, 0) is 43.5 Å². The molecule has 1 heterocycles. The van der Waals surface area contributed by atoms with Gasteiger partial charge in [0.1, 0.15) is 0 Å². The van der Waals surface area contributed by atoms with Gasteiger partial charge in [0, 0.05) is 19.6 Å². The summed E-state index contributed by atoms with van der Waals surface area (Å²) >= 11 is 11.8. The highest BCUT2D eigenvalue weighted by Crippen LogP contribution is 2.35. The minimum Gasteiger partial charge on any atom is -0.146 e. The van der Waals surface area contributed by atoms with Gasteiger partial charge in [-0.3, -0.25) is 0 Å². The van der Waals surface area contributed by atoms with E-state index < -0.39 is 0 Å². The highest BCUT2D eigenvalue weighted by molar-refractivity contribution is 9.09. The first kappa shape index (κ1) is 13.1. The molecule has 0 aliphatic rings. The first-order valence-corrected chi connectivity index (χ1v) is 7.63. The smallest absolute Gasteiger partial charge is 0.0447 e. The van der Waals surface area contributed by atoms with E-state index in [1.807, 2.05) is 29.5 Å². The van der Waals surface area contributed by atoms with Crippen LogP contribution in [0.15, 0.2) is 30.3 Å². The molecule has 1 aromatic carbocycles. The van der Waals surface area contributed by atoms with Crippen LogP contribution in [0.4, 0.5) is 0 Å². The van der Waals surface area contributed by atoms with Crippen LogP contribution in [0, 0.1) is 13.8 Å². The van der Waals surface area contributed by atoms with E-state index in [4.69, 9.17) is 11.6 Å². The fraction of sp³-hybridized carbons (Fsp3) is 0.286. The van der Waals surface area contributed by atoms with Gasteiger partial charge >= 0.3 is 0 Å². The fourth-order valence-corrected chi connectivity index (χ4v) is 4.11. The van der Waals surface area contributed by atoms with Crippen LogP contribution in [0.2, 0.25) is 5.02 Å². The van der Waals surface area contributed by atoms with Crippen molar-refractivity contribution in [3.8, 4) is 0 Å². The molecule has 0 radical (unpaired) electrons. The average molecular weight is 330 g/mol. The van der Waals surface area contributed by atoms with Crippen molar-refractivity contribution in [2.24, 2.45) is 0 Å². The molecule has 0 fully saturated rings. The van der Waals surface area contributed by atoms with Gasteiger partial charge in [0.25, 0.3) is 0 Å². The maximum absolute atomic E-state index is 6.18. The van der Waals surface area contributed by atoms with Crippen molar-refractivity contribution in [3.05, 3.63) is 56.2 Å². The van der Waals surface area contributed by atoms with Crippen molar-refractivity contribution in [1.82, 2.24) is 0 Å². The van der Waals surface area contributed by atoms with Crippen LogP contribution in [0.1, 0.15) is 25.7 Å². The Kier molecular flexibility index (Phi) is 4.29. The Hall–Kier alpha value is -0.310. The zero-order chi connectivity index (χ0) is 12.4.